The number of piperidine rings is 1. The summed E-state index contributed by atoms with van der Waals surface area (Å²) in [6, 6.07) is 6.95. The average Bonchev–Trinajstić information content (AvgIpc) is 2.52. The Hall–Kier alpha value is -1.59. The highest BCUT2D eigenvalue weighted by molar-refractivity contribution is 6.30. The summed E-state index contributed by atoms with van der Waals surface area (Å²) in [6.45, 7) is 5.43. The topological polar surface area (TPSA) is 75.4 Å². The zero-order valence-electron chi connectivity index (χ0n) is 13.6. The standard InChI is InChI=1S/C17H24ClN3O2/c1-12-5-4-8-21(11-12)15(22)10-20-17(2,16(19)23)13-6-3-7-14(18)9-13/h3,6-7,9,12,20H,4-5,8,10-11H2,1-2H3,(H2,19,23)/t12-,17+/m1/s1. The first-order valence-corrected chi connectivity index (χ1v) is 8.29. The first kappa shape index (κ1) is 17.8. The van der Waals surface area contributed by atoms with Gasteiger partial charge in [-0.25, -0.2) is 0 Å². The summed E-state index contributed by atoms with van der Waals surface area (Å²) >= 11 is 6.00. The molecule has 0 bridgehead atoms. The van der Waals surface area contributed by atoms with E-state index in [1.165, 1.54) is 0 Å². The number of hydrogen-bond acceptors (Lipinski definition) is 3. The Kier molecular flexibility index (Phi) is 5.65. The molecule has 126 valence electrons. The predicted molar refractivity (Wildman–Crippen MR) is 91.0 cm³/mol. The molecule has 0 unspecified atom stereocenters. The molecule has 2 rings (SSSR count). The number of nitrogens with one attached hydrogen (secondary N) is 1. The number of carbonyl (C=O) groups excluding carboxylic acids is 2. The first-order chi connectivity index (χ1) is 10.8. The highest BCUT2D eigenvalue weighted by Crippen LogP contribution is 2.23. The summed E-state index contributed by atoms with van der Waals surface area (Å²) in [5, 5.41) is 3.55. The summed E-state index contributed by atoms with van der Waals surface area (Å²) < 4.78 is 0. The molecule has 0 saturated carbocycles. The van der Waals surface area contributed by atoms with Gasteiger partial charge < -0.3 is 10.6 Å². The van der Waals surface area contributed by atoms with E-state index >= 15 is 0 Å². The van der Waals surface area contributed by atoms with Crippen molar-refractivity contribution in [1.29, 1.82) is 0 Å². The Morgan fingerprint density at radius 2 is 2.22 bits per heavy atom. The zero-order valence-corrected chi connectivity index (χ0v) is 14.4. The van der Waals surface area contributed by atoms with E-state index in [0.717, 1.165) is 25.9 Å². The van der Waals surface area contributed by atoms with Crippen LogP contribution in [0.15, 0.2) is 24.3 Å². The second kappa shape index (κ2) is 7.32. The van der Waals surface area contributed by atoms with Crippen LogP contribution < -0.4 is 11.1 Å². The van der Waals surface area contributed by atoms with Crippen molar-refractivity contribution in [3.05, 3.63) is 34.9 Å². The lowest BCUT2D eigenvalue weighted by atomic mass is 9.91. The lowest BCUT2D eigenvalue weighted by Gasteiger charge is -2.33. The molecule has 1 saturated heterocycles. The lowest BCUT2D eigenvalue weighted by Crippen LogP contribution is -2.54. The summed E-state index contributed by atoms with van der Waals surface area (Å²) in [6.07, 6.45) is 2.17. The molecule has 1 aromatic carbocycles. The summed E-state index contributed by atoms with van der Waals surface area (Å²) in [4.78, 5) is 26.2. The number of halogens is 1. The summed E-state index contributed by atoms with van der Waals surface area (Å²) in [5.74, 6) is -0.0335. The quantitative estimate of drug-likeness (QED) is 0.861. The van der Waals surface area contributed by atoms with E-state index in [9.17, 15) is 9.59 Å². The van der Waals surface area contributed by atoms with Gasteiger partial charge in [0.05, 0.1) is 6.54 Å². The van der Waals surface area contributed by atoms with Crippen molar-refractivity contribution in [2.75, 3.05) is 19.6 Å². The summed E-state index contributed by atoms with van der Waals surface area (Å²) in [5.41, 5.74) is 5.08. The molecule has 23 heavy (non-hydrogen) atoms. The van der Waals surface area contributed by atoms with Gasteiger partial charge >= 0.3 is 0 Å². The number of carbonyl (C=O) groups is 2. The molecule has 5 nitrogen and oxygen atoms in total. The second-order valence-electron chi connectivity index (χ2n) is 6.44. The molecule has 0 aromatic heterocycles. The van der Waals surface area contributed by atoms with Gasteiger partial charge in [0.1, 0.15) is 5.54 Å². The molecule has 2 amide bonds. The number of rotatable bonds is 5. The van der Waals surface area contributed by atoms with Crippen molar-refractivity contribution in [1.82, 2.24) is 10.2 Å². The number of amides is 2. The van der Waals surface area contributed by atoms with Gasteiger partial charge in [-0.15, -0.1) is 0 Å². The minimum Gasteiger partial charge on any atom is -0.368 e. The maximum Gasteiger partial charge on any atom is 0.242 e. The fourth-order valence-corrected chi connectivity index (χ4v) is 3.10. The van der Waals surface area contributed by atoms with E-state index in [1.807, 2.05) is 4.90 Å². The van der Waals surface area contributed by atoms with E-state index in [1.54, 1.807) is 31.2 Å². The van der Waals surface area contributed by atoms with Gasteiger partial charge in [0.15, 0.2) is 0 Å². The highest BCUT2D eigenvalue weighted by Gasteiger charge is 2.34. The van der Waals surface area contributed by atoms with E-state index in [-0.39, 0.29) is 12.5 Å². The van der Waals surface area contributed by atoms with Crippen LogP contribution in [0.3, 0.4) is 0 Å². The van der Waals surface area contributed by atoms with Crippen LogP contribution in [0.5, 0.6) is 0 Å². The van der Waals surface area contributed by atoms with E-state index in [4.69, 9.17) is 17.3 Å². The van der Waals surface area contributed by atoms with Crippen molar-refractivity contribution < 1.29 is 9.59 Å². The third kappa shape index (κ3) is 4.24. The van der Waals surface area contributed by atoms with E-state index in [0.29, 0.717) is 16.5 Å². The van der Waals surface area contributed by atoms with Crippen molar-refractivity contribution in [3.8, 4) is 0 Å². The van der Waals surface area contributed by atoms with Crippen molar-refractivity contribution in [2.45, 2.75) is 32.2 Å². The van der Waals surface area contributed by atoms with Crippen molar-refractivity contribution >= 4 is 23.4 Å². The molecule has 1 aliphatic rings. The molecule has 0 radical (unpaired) electrons. The van der Waals surface area contributed by atoms with Crippen molar-refractivity contribution in [2.24, 2.45) is 11.7 Å². The molecule has 0 aliphatic carbocycles. The average molecular weight is 338 g/mol. The third-order valence-electron chi connectivity index (χ3n) is 4.50. The van der Waals surface area contributed by atoms with Gasteiger partial charge in [-0.1, -0.05) is 30.7 Å². The number of nitrogens with zero attached hydrogens (tertiary/aromatic N) is 1. The van der Waals surface area contributed by atoms with Crippen LogP contribution in [0, 0.1) is 5.92 Å². The maximum absolute atomic E-state index is 12.4. The van der Waals surface area contributed by atoms with E-state index < -0.39 is 11.4 Å². The molecule has 1 fully saturated rings. The minimum absolute atomic E-state index is 0.00828. The SMILES string of the molecule is C[C@@H]1CCCN(C(=O)CN[C@](C)(C(N)=O)c2cccc(Cl)c2)C1. The smallest absolute Gasteiger partial charge is 0.242 e. The molecular formula is C17H24ClN3O2. The fraction of sp³-hybridized carbons (Fsp3) is 0.529. The van der Waals surface area contributed by atoms with Crippen LogP contribution >= 0.6 is 11.6 Å². The molecule has 1 heterocycles. The number of likely N-dealkylation sites (tertiary alicyclic amines) is 1. The van der Waals surface area contributed by atoms with Gasteiger partial charge in [-0.05, 0) is 43.4 Å². The fourth-order valence-electron chi connectivity index (χ4n) is 2.91. The predicted octanol–water partition coefficient (Wildman–Crippen LogP) is 1.89. The van der Waals surface area contributed by atoms with Crippen LogP contribution in [0.1, 0.15) is 32.3 Å². The second-order valence-corrected chi connectivity index (χ2v) is 6.88. The van der Waals surface area contributed by atoms with Crippen molar-refractivity contribution in [3.63, 3.8) is 0 Å². The zero-order chi connectivity index (χ0) is 17.0. The van der Waals surface area contributed by atoms with Gasteiger partial charge in [-0.2, -0.15) is 0 Å². The number of nitrogens with two attached hydrogens (primary N) is 1. The third-order valence-corrected chi connectivity index (χ3v) is 4.73. The van der Waals surface area contributed by atoms with Crippen LogP contribution in [0.4, 0.5) is 0 Å². The minimum atomic E-state index is -1.14. The molecule has 0 spiro atoms. The molecular weight excluding hydrogens is 314 g/mol. The maximum atomic E-state index is 12.4. The van der Waals surface area contributed by atoms with Gasteiger partial charge in [-0.3, -0.25) is 14.9 Å². The van der Waals surface area contributed by atoms with Crippen LogP contribution in [0.2, 0.25) is 5.02 Å². The molecule has 6 heteroatoms. The highest BCUT2D eigenvalue weighted by atomic mass is 35.5. The molecule has 2 atom stereocenters. The molecule has 1 aromatic rings. The number of benzene rings is 1. The monoisotopic (exact) mass is 337 g/mol. The molecule has 1 aliphatic heterocycles. The largest absolute Gasteiger partial charge is 0.368 e. The Bertz CT molecular complexity index is 593. The summed E-state index contributed by atoms with van der Waals surface area (Å²) in [7, 11) is 0. The Morgan fingerprint density at radius 3 is 2.83 bits per heavy atom. The van der Waals surface area contributed by atoms with Crippen LogP contribution in [-0.2, 0) is 15.1 Å². The van der Waals surface area contributed by atoms with Gasteiger partial charge in [0.25, 0.3) is 0 Å². The van der Waals surface area contributed by atoms with Crippen LogP contribution in [-0.4, -0.2) is 36.3 Å². The lowest BCUT2D eigenvalue weighted by molar-refractivity contribution is -0.133. The molecule has 3 N–H and O–H groups in total. The van der Waals surface area contributed by atoms with Crippen LogP contribution in [0.25, 0.3) is 0 Å². The van der Waals surface area contributed by atoms with E-state index in [2.05, 4.69) is 12.2 Å². The normalized spacial score (nSPS) is 20.8. The Labute approximate surface area is 142 Å². The number of hydrogen-bond donors (Lipinski definition) is 2. The first-order valence-electron chi connectivity index (χ1n) is 7.91. The Balaban J connectivity index is 2.08. The Morgan fingerprint density at radius 1 is 1.48 bits per heavy atom. The number of primary amides is 1. The van der Waals surface area contributed by atoms with Gasteiger partial charge in [0.2, 0.25) is 11.8 Å². The van der Waals surface area contributed by atoms with Gasteiger partial charge in [0, 0.05) is 18.1 Å².